The molecule has 0 aliphatic carbocycles. The third-order valence-corrected chi connectivity index (χ3v) is 3.49. The highest BCUT2D eigenvalue weighted by atomic mass is 32.2. The van der Waals surface area contributed by atoms with E-state index in [0.717, 1.165) is 12.3 Å². The molecule has 0 aromatic heterocycles. The summed E-state index contributed by atoms with van der Waals surface area (Å²) in [5.74, 6) is -1.11. The van der Waals surface area contributed by atoms with Crippen LogP contribution in [0.5, 0.6) is 0 Å². The molecule has 0 spiro atoms. The number of sulfone groups is 1. The average molecular weight is 318 g/mol. The van der Waals surface area contributed by atoms with Gasteiger partial charge in [0.25, 0.3) is 5.69 Å². The Bertz CT molecular complexity index is 642. The second-order valence-corrected chi connectivity index (χ2v) is 6.10. The van der Waals surface area contributed by atoms with Crippen LogP contribution in [0.25, 0.3) is 0 Å². The minimum atomic E-state index is -3.54. The standard InChI is InChI=1S/C11H14N2O7S/c1-21(18,19)8-2-3-9(10(6-8)13(16)17)12-4-5-20-7-11(14)15/h2-3,6,12H,4-5,7H2,1H3,(H,14,15). The lowest BCUT2D eigenvalue weighted by atomic mass is 10.2. The summed E-state index contributed by atoms with van der Waals surface area (Å²) in [4.78, 5) is 20.3. The first-order chi connectivity index (χ1) is 9.71. The molecular weight excluding hydrogens is 304 g/mol. The first-order valence-corrected chi connectivity index (χ1v) is 7.63. The van der Waals surface area contributed by atoms with Crippen molar-refractivity contribution in [3.8, 4) is 0 Å². The van der Waals surface area contributed by atoms with E-state index in [1.807, 2.05) is 0 Å². The van der Waals surface area contributed by atoms with Crippen LogP contribution >= 0.6 is 0 Å². The molecule has 9 nitrogen and oxygen atoms in total. The van der Waals surface area contributed by atoms with Crippen LogP contribution in [-0.4, -0.2) is 50.4 Å². The van der Waals surface area contributed by atoms with Crippen LogP contribution in [0.3, 0.4) is 0 Å². The molecule has 0 aliphatic heterocycles. The maximum absolute atomic E-state index is 11.4. The lowest BCUT2D eigenvalue weighted by molar-refractivity contribution is -0.384. The largest absolute Gasteiger partial charge is 0.480 e. The molecule has 0 fully saturated rings. The van der Waals surface area contributed by atoms with Gasteiger partial charge in [-0.05, 0) is 12.1 Å². The fraction of sp³-hybridized carbons (Fsp3) is 0.364. The number of rotatable bonds is 8. The molecule has 0 amide bonds. The predicted octanol–water partition coefficient (Wildman–Crippen LogP) is 0.511. The number of nitro groups is 1. The number of nitro benzene ring substituents is 1. The third-order valence-electron chi connectivity index (χ3n) is 2.38. The Morgan fingerprint density at radius 2 is 2.14 bits per heavy atom. The Labute approximate surface area is 120 Å². The van der Waals surface area contributed by atoms with E-state index in [0.29, 0.717) is 0 Å². The number of nitrogens with zero attached hydrogens (tertiary/aromatic N) is 1. The molecule has 0 aliphatic rings. The molecule has 10 heteroatoms. The van der Waals surface area contributed by atoms with Gasteiger partial charge in [0.1, 0.15) is 12.3 Å². The van der Waals surface area contributed by atoms with Crippen LogP contribution in [0.15, 0.2) is 23.1 Å². The number of hydrogen-bond donors (Lipinski definition) is 2. The van der Waals surface area contributed by atoms with Gasteiger partial charge in [0.2, 0.25) is 0 Å². The van der Waals surface area contributed by atoms with E-state index >= 15 is 0 Å². The maximum Gasteiger partial charge on any atom is 0.329 e. The van der Waals surface area contributed by atoms with Gasteiger partial charge in [-0.15, -0.1) is 0 Å². The fourth-order valence-corrected chi connectivity index (χ4v) is 2.10. The summed E-state index contributed by atoms with van der Waals surface area (Å²) >= 11 is 0. The van der Waals surface area contributed by atoms with Crippen LogP contribution in [0.2, 0.25) is 0 Å². The molecule has 21 heavy (non-hydrogen) atoms. The van der Waals surface area contributed by atoms with Gasteiger partial charge in [0, 0.05) is 18.9 Å². The van der Waals surface area contributed by atoms with E-state index in [1.54, 1.807) is 0 Å². The van der Waals surface area contributed by atoms with Gasteiger partial charge in [0.05, 0.1) is 16.4 Å². The zero-order valence-electron chi connectivity index (χ0n) is 11.1. The molecule has 0 unspecified atom stereocenters. The molecule has 0 radical (unpaired) electrons. The van der Waals surface area contributed by atoms with Crippen molar-refractivity contribution in [2.45, 2.75) is 4.90 Å². The summed E-state index contributed by atoms with van der Waals surface area (Å²) in [6.07, 6.45) is 0.957. The molecule has 0 bridgehead atoms. The lowest BCUT2D eigenvalue weighted by Crippen LogP contribution is -2.14. The van der Waals surface area contributed by atoms with Gasteiger partial charge in [-0.3, -0.25) is 10.1 Å². The highest BCUT2D eigenvalue weighted by Gasteiger charge is 2.18. The Morgan fingerprint density at radius 1 is 1.48 bits per heavy atom. The van der Waals surface area contributed by atoms with Gasteiger partial charge in [-0.2, -0.15) is 0 Å². The van der Waals surface area contributed by atoms with Gasteiger partial charge < -0.3 is 15.2 Å². The Kier molecular flexibility index (Phi) is 5.61. The molecule has 0 atom stereocenters. The van der Waals surface area contributed by atoms with Crippen LogP contribution in [0.1, 0.15) is 0 Å². The molecule has 116 valence electrons. The summed E-state index contributed by atoms with van der Waals surface area (Å²) in [6.45, 7) is -0.277. The normalized spacial score (nSPS) is 11.1. The number of hydrogen-bond acceptors (Lipinski definition) is 7. The quantitative estimate of drug-likeness (QED) is 0.402. The number of ether oxygens (including phenoxy) is 1. The Hall–Kier alpha value is -2.20. The highest BCUT2D eigenvalue weighted by molar-refractivity contribution is 7.90. The number of aliphatic carboxylic acids is 1. The zero-order chi connectivity index (χ0) is 16.0. The molecule has 0 saturated heterocycles. The van der Waals surface area contributed by atoms with Gasteiger partial charge in [0.15, 0.2) is 9.84 Å². The van der Waals surface area contributed by atoms with Crippen LogP contribution in [-0.2, 0) is 19.4 Å². The second kappa shape index (κ2) is 6.99. The minimum Gasteiger partial charge on any atom is -0.480 e. The molecule has 1 aromatic rings. The number of carbonyl (C=O) groups is 1. The first-order valence-electron chi connectivity index (χ1n) is 5.73. The van der Waals surface area contributed by atoms with Gasteiger partial charge in [-0.1, -0.05) is 0 Å². The highest BCUT2D eigenvalue weighted by Crippen LogP contribution is 2.27. The van der Waals surface area contributed by atoms with Crippen LogP contribution < -0.4 is 5.32 Å². The second-order valence-electron chi connectivity index (χ2n) is 4.08. The third kappa shape index (κ3) is 5.36. The summed E-state index contributed by atoms with van der Waals surface area (Å²) in [5.41, 5.74) is -0.248. The topological polar surface area (TPSA) is 136 Å². The van der Waals surface area contributed by atoms with E-state index in [2.05, 4.69) is 5.32 Å². The number of carboxylic acid groups (broad SMARTS) is 1. The van der Waals surface area contributed by atoms with Crippen molar-refractivity contribution in [2.24, 2.45) is 0 Å². The predicted molar refractivity (Wildman–Crippen MR) is 73.2 cm³/mol. The molecule has 1 rings (SSSR count). The summed E-state index contributed by atoms with van der Waals surface area (Å²) in [6, 6.07) is 3.50. The van der Waals surface area contributed by atoms with Gasteiger partial charge in [-0.25, -0.2) is 13.2 Å². The SMILES string of the molecule is CS(=O)(=O)c1ccc(NCCOCC(=O)O)c([N+](=O)[O-])c1. The number of benzene rings is 1. The van der Waals surface area contributed by atoms with Crippen LogP contribution in [0.4, 0.5) is 11.4 Å². The van der Waals surface area contributed by atoms with Crippen LogP contribution in [0, 0.1) is 10.1 Å². The van der Waals surface area contributed by atoms with E-state index in [9.17, 15) is 23.3 Å². The monoisotopic (exact) mass is 318 g/mol. The molecule has 0 heterocycles. The molecule has 2 N–H and O–H groups in total. The number of anilines is 1. The van der Waals surface area contributed by atoms with E-state index in [1.165, 1.54) is 12.1 Å². The first kappa shape index (κ1) is 16.9. The summed E-state index contributed by atoms with van der Waals surface area (Å²) in [7, 11) is -3.54. The maximum atomic E-state index is 11.4. The minimum absolute atomic E-state index is 0.0390. The summed E-state index contributed by atoms with van der Waals surface area (Å²) in [5, 5.41) is 22.0. The Morgan fingerprint density at radius 3 is 2.67 bits per heavy atom. The smallest absolute Gasteiger partial charge is 0.329 e. The van der Waals surface area contributed by atoms with Crippen molar-refractivity contribution in [1.29, 1.82) is 0 Å². The van der Waals surface area contributed by atoms with Gasteiger partial charge >= 0.3 is 5.97 Å². The number of carboxylic acids is 1. The van der Waals surface area contributed by atoms with E-state index in [4.69, 9.17) is 9.84 Å². The molecule has 0 saturated carbocycles. The average Bonchev–Trinajstić information content (AvgIpc) is 2.36. The van der Waals surface area contributed by atoms with Crippen molar-refractivity contribution in [2.75, 3.05) is 31.3 Å². The van der Waals surface area contributed by atoms with Crippen molar-refractivity contribution < 1.29 is 28.0 Å². The zero-order valence-corrected chi connectivity index (χ0v) is 11.9. The Balaban J connectivity index is 2.78. The van der Waals surface area contributed by atoms with Crippen molar-refractivity contribution in [1.82, 2.24) is 0 Å². The fourth-order valence-electron chi connectivity index (χ4n) is 1.46. The van der Waals surface area contributed by atoms with Crippen molar-refractivity contribution >= 4 is 27.2 Å². The lowest BCUT2D eigenvalue weighted by Gasteiger charge is -2.08. The van der Waals surface area contributed by atoms with E-state index < -0.39 is 27.3 Å². The summed E-state index contributed by atoms with van der Waals surface area (Å²) < 4.78 is 27.5. The van der Waals surface area contributed by atoms with E-state index in [-0.39, 0.29) is 29.4 Å². The molecular formula is C11H14N2O7S. The van der Waals surface area contributed by atoms with Crippen molar-refractivity contribution in [3.63, 3.8) is 0 Å². The number of nitrogens with one attached hydrogen (secondary N) is 1. The molecule has 1 aromatic carbocycles. The van der Waals surface area contributed by atoms with Crippen molar-refractivity contribution in [3.05, 3.63) is 28.3 Å².